The van der Waals surface area contributed by atoms with Crippen molar-refractivity contribution in [2.24, 2.45) is 0 Å². The Bertz CT molecular complexity index is 719. The molecule has 0 aromatic heterocycles. The van der Waals surface area contributed by atoms with E-state index in [1.165, 1.54) is 12.0 Å². The number of hydrogen-bond donors (Lipinski definition) is 1. The molecule has 0 aliphatic rings. The molecular weight excluding hydrogens is 358 g/mol. The molecule has 4 nitrogen and oxygen atoms in total. The van der Waals surface area contributed by atoms with Crippen LogP contribution in [0.25, 0.3) is 0 Å². The van der Waals surface area contributed by atoms with Gasteiger partial charge in [0.05, 0.1) is 18.7 Å². The molecule has 2 rings (SSSR count). The van der Waals surface area contributed by atoms with Crippen molar-refractivity contribution in [2.75, 3.05) is 20.0 Å². The molecule has 0 radical (unpaired) electrons. The minimum atomic E-state index is -0.212. The third kappa shape index (κ3) is 5.31. The first kappa shape index (κ1) is 19.5. The number of carbonyl (C=O) groups excluding carboxylic acids is 1. The third-order valence-electron chi connectivity index (χ3n) is 3.55. The maximum absolute atomic E-state index is 12.4. The van der Waals surface area contributed by atoms with Gasteiger partial charge in [-0.2, -0.15) is 0 Å². The highest BCUT2D eigenvalue weighted by Crippen LogP contribution is 2.36. The van der Waals surface area contributed by atoms with Crippen molar-refractivity contribution in [3.8, 4) is 11.5 Å². The van der Waals surface area contributed by atoms with Crippen molar-refractivity contribution in [1.82, 2.24) is 5.32 Å². The number of ether oxygens (including phenoxy) is 2. The smallest absolute Gasteiger partial charge is 0.251 e. The maximum Gasteiger partial charge on any atom is 0.251 e. The zero-order chi connectivity index (χ0) is 18.2. The fourth-order valence-corrected chi connectivity index (χ4v) is 2.90. The van der Waals surface area contributed by atoms with Gasteiger partial charge in [0.15, 0.2) is 11.5 Å². The molecule has 25 heavy (non-hydrogen) atoms. The van der Waals surface area contributed by atoms with Gasteiger partial charge in [0.2, 0.25) is 0 Å². The van der Waals surface area contributed by atoms with E-state index >= 15 is 0 Å². The first-order valence-electron chi connectivity index (χ1n) is 8.00. The van der Waals surface area contributed by atoms with E-state index in [0.29, 0.717) is 35.2 Å². The van der Waals surface area contributed by atoms with Crippen molar-refractivity contribution < 1.29 is 14.3 Å². The molecule has 0 saturated carbocycles. The summed E-state index contributed by atoms with van der Waals surface area (Å²) < 4.78 is 10.9. The van der Waals surface area contributed by atoms with Crippen molar-refractivity contribution >= 4 is 29.3 Å². The van der Waals surface area contributed by atoms with Crippen molar-refractivity contribution in [3.05, 3.63) is 52.5 Å². The van der Waals surface area contributed by atoms with Gasteiger partial charge < -0.3 is 14.8 Å². The van der Waals surface area contributed by atoms with Gasteiger partial charge in [0.1, 0.15) is 0 Å². The normalized spacial score (nSPS) is 10.4. The molecule has 0 unspecified atom stereocenters. The molecule has 0 aliphatic carbocycles. The summed E-state index contributed by atoms with van der Waals surface area (Å²) in [5.74, 6) is 0.710. The highest BCUT2D eigenvalue weighted by Gasteiger charge is 2.15. The first-order chi connectivity index (χ1) is 12.1. The second-order valence-corrected chi connectivity index (χ2v) is 6.66. The number of nitrogens with one attached hydrogen (secondary N) is 1. The summed E-state index contributed by atoms with van der Waals surface area (Å²) in [5.41, 5.74) is 1.47. The molecule has 0 spiro atoms. The van der Waals surface area contributed by atoms with Crippen LogP contribution >= 0.6 is 23.4 Å². The number of rotatable bonds is 8. The van der Waals surface area contributed by atoms with Gasteiger partial charge in [0.25, 0.3) is 5.91 Å². The fraction of sp³-hybridized carbons (Fsp3) is 0.316. The predicted octanol–water partition coefficient (Wildman–Crippen LogP) is 4.79. The number of carbonyl (C=O) groups is 1. The molecule has 0 saturated heterocycles. The van der Waals surface area contributed by atoms with Gasteiger partial charge in [-0.05, 0) is 42.5 Å². The van der Waals surface area contributed by atoms with Crippen LogP contribution in [0.2, 0.25) is 5.02 Å². The summed E-state index contributed by atoms with van der Waals surface area (Å²) in [5, 5.41) is 3.26. The summed E-state index contributed by atoms with van der Waals surface area (Å²) in [7, 11) is 1.53. The first-order valence-corrected chi connectivity index (χ1v) is 9.60. The Kier molecular flexibility index (Phi) is 7.47. The topological polar surface area (TPSA) is 47.6 Å². The van der Waals surface area contributed by atoms with Gasteiger partial charge in [-0.25, -0.2) is 0 Å². The van der Waals surface area contributed by atoms with E-state index in [2.05, 4.69) is 5.32 Å². The SMILES string of the molecule is CCCOc1c(Cl)cc(C(=O)NCc2ccc(SC)cc2)cc1OC. The minimum Gasteiger partial charge on any atom is -0.493 e. The van der Waals surface area contributed by atoms with Gasteiger partial charge in [-0.15, -0.1) is 11.8 Å². The van der Waals surface area contributed by atoms with Crippen molar-refractivity contribution in [2.45, 2.75) is 24.8 Å². The van der Waals surface area contributed by atoms with Crippen LogP contribution in [0.5, 0.6) is 11.5 Å². The number of methoxy groups -OCH3 is 1. The van der Waals surface area contributed by atoms with E-state index in [1.807, 2.05) is 37.4 Å². The van der Waals surface area contributed by atoms with Gasteiger partial charge >= 0.3 is 0 Å². The molecule has 2 aromatic rings. The highest BCUT2D eigenvalue weighted by molar-refractivity contribution is 7.98. The van der Waals surface area contributed by atoms with Crippen LogP contribution in [-0.4, -0.2) is 25.9 Å². The van der Waals surface area contributed by atoms with Crippen LogP contribution in [0.15, 0.2) is 41.3 Å². The van der Waals surface area contributed by atoms with Crippen molar-refractivity contribution in [1.29, 1.82) is 0 Å². The van der Waals surface area contributed by atoms with Crippen LogP contribution < -0.4 is 14.8 Å². The predicted molar refractivity (Wildman–Crippen MR) is 103 cm³/mol. The van der Waals surface area contributed by atoms with Crippen molar-refractivity contribution in [3.63, 3.8) is 0 Å². The maximum atomic E-state index is 12.4. The quantitative estimate of drug-likeness (QED) is 0.670. The van der Waals surface area contributed by atoms with Gasteiger partial charge in [-0.1, -0.05) is 30.7 Å². The molecule has 1 amide bonds. The zero-order valence-corrected chi connectivity index (χ0v) is 16.2. The van der Waals surface area contributed by atoms with E-state index in [1.54, 1.807) is 23.9 Å². The largest absolute Gasteiger partial charge is 0.493 e. The number of benzene rings is 2. The summed E-state index contributed by atoms with van der Waals surface area (Å²) in [6.07, 6.45) is 2.89. The molecule has 0 bridgehead atoms. The molecule has 0 aliphatic heterocycles. The summed E-state index contributed by atoms with van der Waals surface area (Å²) in [6.45, 7) is 2.99. The number of thioether (sulfide) groups is 1. The molecule has 1 N–H and O–H groups in total. The molecule has 6 heteroatoms. The third-order valence-corrected chi connectivity index (χ3v) is 4.58. The Morgan fingerprint density at radius 2 is 1.96 bits per heavy atom. The number of amides is 1. The monoisotopic (exact) mass is 379 g/mol. The van der Waals surface area contributed by atoms with Crippen LogP contribution in [0, 0.1) is 0 Å². The lowest BCUT2D eigenvalue weighted by atomic mass is 10.1. The van der Waals surface area contributed by atoms with E-state index in [9.17, 15) is 4.79 Å². The lowest BCUT2D eigenvalue weighted by Crippen LogP contribution is -2.22. The second-order valence-electron chi connectivity index (χ2n) is 5.37. The zero-order valence-electron chi connectivity index (χ0n) is 14.6. The molecule has 134 valence electrons. The molecule has 0 fully saturated rings. The van der Waals surface area contributed by atoms with Crippen LogP contribution in [0.4, 0.5) is 0 Å². The summed E-state index contributed by atoms with van der Waals surface area (Å²) >= 11 is 7.94. The van der Waals surface area contributed by atoms with Crippen LogP contribution in [0.1, 0.15) is 29.3 Å². The Hall–Kier alpha value is -1.85. The standard InChI is InChI=1S/C19H22ClNO3S/c1-4-9-24-18-16(20)10-14(11-17(18)23-2)19(22)21-12-13-5-7-15(25-3)8-6-13/h5-8,10-11H,4,9,12H2,1-3H3,(H,21,22). The Labute approximate surface area is 157 Å². The minimum absolute atomic E-state index is 0.212. The van der Waals surface area contributed by atoms with Gasteiger partial charge in [-0.3, -0.25) is 4.79 Å². The van der Waals surface area contributed by atoms with Crippen LogP contribution in [0.3, 0.4) is 0 Å². The fourth-order valence-electron chi connectivity index (χ4n) is 2.22. The Balaban J connectivity index is 2.08. The van der Waals surface area contributed by atoms with Gasteiger partial charge in [0, 0.05) is 17.0 Å². The summed E-state index contributed by atoms with van der Waals surface area (Å²) in [6, 6.07) is 11.3. The lowest BCUT2D eigenvalue weighted by molar-refractivity contribution is 0.0950. The Morgan fingerprint density at radius 1 is 1.24 bits per heavy atom. The molecule has 0 heterocycles. The van der Waals surface area contributed by atoms with E-state index in [0.717, 1.165) is 12.0 Å². The Morgan fingerprint density at radius 3 is 2.56 bits per heavy atom. The average Bonchev–Trinajstić information content (AvgIpc) is 2.64. The molecular formula is C19H22ClNO3S. The number of halogens is 1. The lowest BCUT2D eigenvalue weighted by Gasteiger charge is -2.14. The van der Waals surface area contributed by atoms with E-state index in [-0.39, 0.29) is 5.91 Å². The highest BCUT2D eigenvalue weighted by atomic mass is 35.5. The molecule has 2 aromatic carbocycles. The van der Waals surface area contributed by atoms with Crippen LogP contribution in [-0.2, 0) is 6.54 Å². The molecule has 0 atom stereocenters. The second kappa shape index (κ2) is 9.59. The average molecular weight is 380 g/mol. The summed E-state index contributed by atoms with van der Waals surface area (Å²) in [4.78, 5) is 13.6. The van der Waals surface area contributed by atoms with E-state index in [4.69, 9.17) is 21.1 Å². The van der Waals surface area contributed by atoms with E-state index < -0.39 is 0 Å². The number of hydrogen-bond acceptors (Lipinski definition) is 4.